The van der Waals surface area contributed by atoms with Crippen LogP contribution in [0.5, 0.6) is 0 Å². The van der Waals surface area contributed by atoms with E-state index < -0.39 is 0 Å². The zero-order valence-electron chi connectivity index (χ0n) is 14.8. The standard InChI is InChI=1S/C17H27ClN4O.HI/c1-17(2,3)15(23)20-10-11-22-16(19-4)21-9-8-13-6-5-7-14(18)12-13;/h5-7,12H,8-11H2,1-4H3,(H,20,23)(H2,19,21,22);1H. The van der Waals surface area contributed by atoms with Crippen LogP contribution in [-0.4, -0.2) is 38.5 Å². The summed E-state index contributed by atoms with van der Waals surface area (Å²) >= 11 is 5.96. The summed E-state index contributed by atoms with van der Waals surface area (Å²) in [6.45, 7) is 7.63. The maximum absolute atomic E-state index is 11.7. The van der Waals surface area contributed by atoms with Crippen LogP contribution in [0.2, 0.25) is 5.02 Å². The molecule has 1 aromatic rings. The number of carbonyl (C=O) groups is 1. The summed E-state index contributed by atoms with van der Waals surface area (Å²) in [7, 11) is 1.72. The highest BCUT2D eigenvalue weighted by molar-refractivity contribution is 14.0. The molecule has 0 bridgehead atoms. The van der Waals surface area contributed by atoms with Crippen LogP contribution in [0.4, 0.5) is 0 Å². The molecule has 24 heavy (non-hydrogen) atoms. The largest absolute Gasteiger partial charge is 0.356 e. The number of hydrogen-bond donors (Lipinski definition) is 3. The molecule has 0 aliphatic carbocycles. The van der Waals surface area contributed by atoms with Crippen molar-refractivity contribution in [1.82, 2.24) is 16.0 Å². The van der Waals surface area contributed by atoms with Crippen LogP contribution in [-0.2, 0) is 11.2 Å². The summed E-state index contributed by atoms with van der Waals surface area (Å²) in [5.41, 5.74) is 0.814. The van der Waals surface area contributed by atoms with Crippen LogP contribution in [0.15, 0.2) is 29.3 Å². The molecule has 0 aromatic heterocycles. The van der Waals surface area contributed by atoms with Gasteiger partial charge >= 0.3 is 0 Å². The lowest BCUT2D eigenvalue weighted by Gasteiger charge is -2.18. The molecule has 1 amide bonds. The van der Waals surface area contributed by atoms with Crippen LogP contribution < -0.4 is 16.0 Å². The van der Waals surface area contributed by atoms with E-state index >= 15 is 0 Å². The average Bonchev–Trinajstić information content (AvgIpc) is 2.48. The number of halogens is 2. The summed E-state index contributed by atoms with van der Waals surface area (Å²) in [6.07, 6.45) is 0.863. The molecule has 0 saturated heterocycles. The van der Waals surface area contributed by atoms with Crippen molar-refractivity contribution in [3.8, 4) is 0 Å². The molecular formula is C17H28ClIN4O. The lowest BCUT2D eigenvalue weighted by molar-refractivity contribution is -0.128. The molecule has 1 aromatic carbocycles. The number of nitrogens with one attached hydrogen (secondary N) is 3. The monoisotopic (exact) mass is 466 g/mol. The second-order valence-electron chi connectivity index (χ2n) is 6.31. The van der Waals surface area contributed by atoms with Crippen molar-refractivity contribution < 1.29 is 4.79 Å². The fourth-order valence-electron chi connectivity index (χ4n) is 1.86. The van der Waals surface area contributed by atoms with Gasteiger partial charge < -0.3 is 16.0 Å². The van der Waals surface area contributed by atoms with Crippen molar-refractivity contribution in [2.45, 2.75) is 27.2 Å². The van der Waals surface area contributed by atoms with Crippen molar-refractivity contribution in [3.05, 3.63) is 34.9 Å². The molecular weight excluding hydrogens is 439 g/mol. The maximum atomic E-state index is 11.7. The normalized spacial score (nSPS) is 11.5. The van der Waals surface area contributed by atoms with E-state index in [9.17, 15) is 4.79 Å². The zero-order chi connectivity index (χ0) is 17.3. The molecule has 0 aliphatic heterocycles. The van der Waals surface area contributed by atoms with Gasteiger partial charge in [-0.2, -0.15) is 0 Å². The van der Waals surface area contributed by atoms with E-state index in [4.69, 9.17) is 11.6 Å². The third-order valence-corrected chi connectivity index (χ3v) is 3.44. The Labute approximate surface area is 167 Å². The highest BCUT2D eigenvalue weighted by atomic mass is 127. The van der Waals surface area contributed by atoms with Gasteiger partial charge in [0.2, 0.25) is 5.91 Å². The third kappa shape index (κ3) is 9.32. The minimum absolute atomic E-state index is 0. The van der Waals surface area contributed by atoms with Gasteiger partial charge in [0.05, 0.1) is 0 Å². The summed E-state index contributed by atoms with van der Waals surface area (Å²) in [4.78, 5) is 15.9. The second-order valence-corrected chi connectivity index (χ2v) is 6.75. The molecule has 0 aliphatic rings. The lowest BCUT2D eigenvalue weighted by Crippen LogP contribution is -2.43. The molecule has 0 saturated carbocycles. The zero-order valence-corrected chi connectivity index (χ0v) is 17.9. The Morgan fingerprint density at radius 1 is 1.12 bits per heavy atom. The summed E-state index contributed by atoms with van der Waals surface area (Å²) in [5, 5.41) is 10.1. The molecule has 0 atom stereocenters. The number of amides is 1. The van der Waals surface area contributed by atoms with E-state index in [2.05, 4.69) is 20.9 Å². The molecule has 0 heterocycles. The fraction of sp³-hybridized carbons (Fsp3) is 0.529. The van der Waals surface area contributed by atoms with Gasteiger partial charge in [0.25, 0.3) is 0 Å². The van der Waals surface area contributed by atoms with Crippen molar-refractivity contribution >= 4 is 47.4 Å². The molecule has 7 heteroatoms. The van der Waals surface area contributed by atoms with E-state index in [1.165, 1.54) is 5.56 Å². The number of aliphatic imine (C=N–C) groups is 1. The van der Waals surface area contributed by atoms with Crippen molar-refractivity contribution in [3.63, 3.8) is 0 Å². The topological polar surface area (TPSA) is 65.5 Å². The Morgan fingerprint density at radius 2 is 1.75 bits per heavy atom. The maximum Gasteiger partial charge on any atom is 0.225 e. The minimum atomic E-state index is -0.364. The van der Waals surface area contributed by atoms with Crippen LogP contribution in [0, 0.1) is 5.41 Å². The SMILES string of the molecule is CN=C(NCCNC(=O)C(C)(C)C)NCCc1cccc(Cl)c1.I. The molecule has 0 unspecified atom stereocenters. The van der Waals surface area contributed by atoms with E-state index in [1.807, 2.05) is 45.0 Å². The van der Waals surface area contributed by atoms with Crippen LogP contribution in [0.1, 0.15) is 26.3 Å². The van der Waals surface area contributed by atoms with Gasteiger partial charge in [0, 0.05) is 37.1 Å². The smallest absolute Gasteiger partial charge is 0.225 e. The van der Waals surface area contributed by atoms with Crippen LogP contribution in [0.3, 0.4) is 0 Å². The summed E-state index contributed by atoms with van der Waals surface area (Å²) in [5.74, 6) is 0.764. The molecule has 136 valence electrons. The van der Waals surface area contributed by atoms with Gasteiger partial charge in [-0.25, -0.2) is 0 Å². The second kappa shape index (κ2) is 11.5. The first-order chi connectivity index (χ1) is 10.8. The molecule has 5 nitrogen and oxygen atoms in total. The molecule has 1 rings (SSSR count). The summed E-state index contributed by atoms with van der Waals surface area (Å²) in [6, 6.07) is 7.82. The van der Waals surface area contributed by atoms with Crippen LogP contribution >= 0.6 is 35.6 Å². The Balaban J connectivity index is 0.00000529. The van der Waals surface area contributed by atoms with Gasteiger partial charge in [0.15, 0.2) is 5.96 Å². The first kappa shape index (κ1) is 23.0. The lowest BCUT2D eigenvalue weighted by atomic mass is 9.96. The van der Waals surface area contributed by atoms with E-state index in [0.29, 0.717) is 13.1 Å². The van der Waals surface area contributed by atoms with Crippen molar-refractivity contribution in [2.24, 2.45) is 10.4 Å². The summed E-state index contributed by atoms with van der Waals surface area (Å²) < 4.78 is 0. The minimum Gasteiger partial charge on any atom is -0.356 e. The van der Waals surface area contributed by atoms with E-state index in [0.717, 1.165) is 23.9 Å². The Kier molecular flexibility index (Phi) is 11.0. The first-order valence-electron chi connectivity index (χ1n) is 7.80. The van der Waals surface area contributed by atoms with Gasteiger partial charge in [-0.3, -0.25) is 9.79 Å². The number of benzene rings is 1. The van der Waals surface area contributed by atoms with Gasteiger partial charge in [0.1, 0.15) is 0 Å². The fourth-order valence-corrected chi connectivity index (χ4v) is 2.07. The predicted molar refractivity (Wildman–Crippen MR) is 112 cm³/mol. The quantitative estimate of drug-likeness (QED) is 0.261. The van der Waals surface area contributed by atoms with Crippen molar-refractivity contribution in [1.29, 1.82) is 0 Å². The highest BCUT2D eigenvalue weighted by Gasteiger charge is 2.20. The average molecular weight is 467 g/mol. The molecule has 0 radical (unpaired) electrons. The van der Waals surface area contributed by atoms with Crippen LogP contribution in [0.25, 0.3) is 0 Å². The number of rotatable bonds is 6. The first-order valence-corrected chi connectivity index (χ1v) is 8.18. The number of hydrogen-bond acceptors (Lipinski definition) is 2. The third-order valence-electron chi connectivity index (χ3n) is 3.20. The number of guanidine groups is 1. The number of nitrogens with zero attached hydrogens (tertiary/aromatic N) is 1. The molecule has 0 fully saturated rings. The van der Waals surface area contributed by atoms with Crippen molar-refractivity contribution in [2.75, 3.05) is 26.7 Å². The van der Waals surface area contributed by atoms with Gasteiger partial charge in [-0.05, 0) is 24.1 Å². The van der Waals surface area contributed by atoms with E-state index in [-0.39, 0.29) is 35.3 Å². The molecule has 0 spiro atoms. The molecule has 3 N–H and O–H groups in total. The van der Waals surface area contributed by atoms with E-state index in [1.54, 1.807) is 7.05 Å². The Hall–Kier alpha value is -1.02. The predicted octanol–water partition coefficient (Wildman–Crippen LogP) is 2.83. The number of carbonyl (C=O) groups excluding carboxylic acids is 1. The van der Waals surface area contributed by atoms with Gasteiger partial charge in [-0.1, -0.05) is 44.5 Å². The van der Waals surface area contributed by atoms with Gasteiger partial charge in [-0.15, -0.1) is 24.0 Å². The highest BCUT2D eigenvalue weighted by Crippen LogP contribution is 2.12. The Morgan fingerprint density at radius 3 is 2.33 bits per heavy atom. The Bertz CT molecular complexity index is 544.